The largest absolute Gasteiger partial charge is 0.489 e. The van der Waals surface area contributed by atoms with Crippen molar-refractivity contribution in [3.8, 4) is 10.9 Å². The van der Waals surface area contributed by atoms with E-state index in [0.29, 0.717) is 29.0 Å². The number of ketones is 1. The summed E-state index contributed by atoms with van der Waals surface area (Å²) in [5.41, 5.74) is 0.718. The van der Waals surface area contributed by atoms with Crippen molar-refractivity contribution < 1.29 is 23.4 Å². The number of fused-ring (bicyclic) bond motifs is 1. The molecule has 0 bridgehead atoms. The van der Waals surface area contributed by atoms with Crippen LogP contribution in [0.3, 0.4) is 0 Å². The van der Waals surface area contributed by atoms with Gasteiger partial charge in [0.15, 0.2) is 0 Å². The van der Waals surface area contributed by atoms with Crippen LogP contribution in [0.25, 0.3) is 10.2 Å². The average Bonchev–Trinajstić information content (AvgIpc) is 3.12. The summed E-state index contributed by atoms with van der Waals surface area (Å²) in [6.45, 7) is 5.37. The summed E-state index contributed by atoms with van der Waals surface area (Å²) < 4.78 is 31.1. The van der Waals surface area contributed by atoms with Gasteiger partial charge in [0.05, 0.1) is 22.4 Å². The van der Waals surface area contributed by atoms with Crippen LogP contribution in [0.5, 0.6) is 10.9 Å². The van der Waals surface area contributed by atoms with Crippen molar-refractivity contribution in [1.82, 2.24) is 4.98 Å². The van der Waals surface area contributed by atoms with Crippen LogP contribution in [0, 0.1) is 5.92 Å². The number of halogens is 2. The molecule has 1 unspecified atom stereocenters. The van der Waals surface area contributed by atoms with Crippen molar-refractivity contribution in [1.29, 1.82) is 0 Å². The lowest BCUT2D eigenvalue weighted by Crippen LogP contribution is -2.29. The average molecular weight is 458 g/mol. The molecular formula is C22H29ClFNO4S. The zero-order valence-corrected chi connectivity index (χ0v) is 19.2. The van der Waals surface area contributed by atoms with E-state index in [1.807, 2.05) is 19.1 Å². The Morgan fingerprint density at radius 2 is 1.97 bits per heavy atom. The third kappa shape index (κ3) is 6.28. The number of carbonyl (C=O) groups excluding carboxylic acids is 1. The molecule has 0 N–H and O–H groups in total. The molecule has 166 valence electrons. The van der Waals surface area contributed by atoms with Crippen LogP contribution in [-0.2, 0) is 9.53 Å². The van der Waals surface area contributed by atoms with E-state index in [4.69, 9.17) is 25.8 Å². The molecule has 5 nitrogen and oxygen atoms in total. The van der Waals surface area contributed by atoms with Gasteiger partial charge in [-0.25, -0.2) is 9.37 Å². The number of ether oxygens (including phenoxy) is 3. The minimum atomic E-state index is -0.569. The third-order valence-electron chi connectivity index (χ3n) is 5.13. The first kappa shape index (κ1) is 23.2. The molecule has 1 aromatic carbocycles. The van der Waals surface area contributed by atoms with E-state index in [-0.39, 0.29) is 23.9 Å². The van der Waals surface area contributed by atoms with Gasteiger partial charge in [-0.2, -0.15) is 0 Å². The molecule has 1 aromatic heterocycles. The summed E-state index contributed by atoms with van der Waals surface area (Å²) in [6, 6.07) is 3.68. The molecule has 8 heteroatoms. The molecule has 1 saturated carbocycles. The van der Waals surface area contributed by atoms with E-state index in [0.717, 1.165) is 35.9 Å². The molecule has 2 atom stereocenters. The third-order valence-corrected chi connectivity index (χ3v) is 6.60. The first-order chi connectivity index (χ1) is 14.4. The van der Waals surface area contributed by atoms with Gasteiger partial charge in [-0.05, 0) is 57.6 Å². The van der Waals surface area contributed by atoms with Gasteiger partial charge in [0, 0.05) is 13.0 Å². The molecule has 1 aliphatic rings. The Kier molecular flexibility index (Phi) is 8.31. The SMILES string of the molecule is CC(=O)C[C@@H](C)COC1CCC(Oc2ccc3nc(OC(C)CF)sc3c2Cl)CC1. The highest BCUT2D eigenvalue weighted by molar-refractivity contribution is 7.20. The first-order valence-corrected chi connectivity index (χ1v) is 11.6. The maximum absolute atomic E-state index is 12.7. The van der Waals surface area contributed by atoms with Crippen molar-refractivity contribution >= 4 is 38.9 Å². The van der Waals surface area contributed by atoms with Crippen LogP contribution in [-0.4, -0.2) is 42.4 Å². The van der Waals surface area contributed by atoms with Crippen LogP contribution < -0.4 is 9.47 Å². The van der Waals surface area contributed by atoms with Crippen molar-refractivity contribution in [2.45, 2.75) is 71.2 Å². The summed E-state index contributed by atoms with van der Waals surface area (Å²) in [5, 5.41) is 0.926. The molecule has 0 spiro atoms. The highest BCUT2D eigenvalue weighted by Crippen LogP contribution is 2.40. The maximum Gasteiger partial charge on any atom is 0.274 e. The van der Waals surface area contributed by atoms with E-state index in [2.05, 4.69) is 4.98 Å². The summed E-state index contributed by atoms with van der Waals surface area (Å²) in [6.07, 6.45) is 3.98. The number of carbonyl (C=O) groups is 1. The number of alkyl halides is 1. The fourth-order valence-electron chi connectivity index (χ4n) is 3.61. The predicted octanol–water partition coefficient (Wildman–Crippen LogP) is 6.01. The molecule has 0 saturated heterocycles. The number of benzene rings is 1. The number of hydrogen-bond acceptors (Lipinski definition) is 6. The van der Waals surface area contributed by atoms with Crippen molar-refractivity contribution in [2.24, 2.45) is 5.92 Å². The monoisotopic (exact) mass is 457 g/mol. The van der Waals surface area contributed by atoms with Gasteiger partial charge in [0.1, 0.15) is 29.3 Å². The zero-order chi connectivity index (χ0) is 21.7. The van der Waals surface area contributed by atoms with Crippen molar-refractivity contribution in [3.05, 3.63) is 17.2 Å². The topological polar surface area (TPSA) is 57.7 Å². The quantitative estimate of drug-likeness (QED) is 0.437. The second kappa shape index (κ2) is 10.7. The van der Waals surface area contributed by atoms with Crippen LogP contribution in [0.15, 0.2) is 12.1 Å². The Bertz CT molecular complexity index is 853. The molecule has 3 rings (SSSR count). The minimum absolute atomic E-state index is 0.0876. The zero-order valence-electron chi connectivity index (χ0n) is 17.7. The van der Waals surface area contributed by atoms with Crippen molar-refractivity contribution in [2.75, 3.05) is 13.3 Å². The second-order valence-corrected chi connectivity index (χ2v) is 9.49. The molecule has 1 fully saturated rings. The predicted molar refractivity (Wildman–Crippen MR) is 118 cm³/mol. The molecular weight excluding hydrogens is 429 g/mol. The minimum Gasteiger partial charge on any atom is -0.489 e. The van der Waals surface area contributed by atoms with Gasteiger partial charge in [0.2, 0.25) is 0 Å². The van der Waals surface area contributed by atoms with E-state index in [1.54, 1.807) is 13.8 Å². The Labute approximate surface area is 185 Å². The summed E-state index contributed by atoms with van der Waals surface area (Å²) in [4.78, 5) is 15.5. The standard InChI is InChI=1S/C22H29ClFNO4S/c1-13(10-14(2)26)12-27-16-4-6-17(7-5-16)29-19-9-8-18-21(20(19)23)30-22(25-18)28-15(3)11-24/h8-9,13,15-17H,4-7,10-12H2,1-3H3/t13-,15?,16?,17?/m1/s1. The fourth-order valence-corrected chi connectivity index (χ4v) is 4.87. The number of thiazole rings is 1. The lowest BCUT2D eigenvalue weighted by atomic mass is 9.94. The molecule has 30 heavy (non-hydrogen) atoms. The van der Waals surface area contributed by atoms with Gasteiger partial charge >= 0.3 is 0 Å². The summed E-state index contributed by atoms with van der Waals surface area (Å²) >= 11 is 7.86. The van der Waals surface area contributed by atoms with E-state index >= 15 is 0 Å². The van der Waals surface area contributed by atoms with E-state index in [9.17, 15) is 9.18 Å². The van der Waals surface area contributed by atoms with Gasteiger partial charge < -0.3 is 19.0 Å². The van der Waals surface area contributed by atoms with Crippen LogP contribution in [0.2, 0.25) is 5.02 Å². The normalized spacial score (nSPS) is 21.4. The lowest BCUT2D eigenvalue weighted by molar-refractivity contribution is -0.118. The molecule has 0 aliphatic heterocycles. The van der Waals surface area contributed by atoms with Gasteiger partial charge in [0.25, 0.3) is 5.19 Å². The maximum atomic E-state index is 12.7. The number of aromatic nitrogens is 1. The highest BCUT2D eigenvalue weighted by atomic mass is 35.5. The molecule has 2 aromatic rings. The number of hydrogen-bond donors (Lipinski definition) is 0. The van der Waals surface area contributed by atoms with Gasteiger partial charge in [-0.1, -0.05) is 29.9 Å². The molecule has 0 amide bonds. The first-order valence-electron chi connectivity index (χ1n) is 10.4. The number of nitrogens with zero attached hydrogens (tertiary/aromatic N) is 1. The summed E-state index contributed by atoms with van der Waals surface area (Å²) in [7, 11) is 0. The van der Waals surface area contributed by atoms with Crippen molar-refractivity contribution in [3.63, 3.8) is 0 Å². The van der Waals surface area contributed by atoms with Gasteiger partial charge in [-0.15, -0.1) is 0 Å². The molecule has 1 aliphatic carbocycles. The van der Waals surface area contributed by atoms with Gasteiger partial charge in [-0.3, -0.25) is 0 Å². The Morgan fingerprint density at radius 1 is 1.27 bits per heavy atom. The van der Waals surface area contributed by atoms with E-state index < -0.39 is 12.8 Å². The Morgan fingerprint density at radius 3 is 2.63 bits per heavy atom. The number of Topliss-reactive ketones (excluding diaryl/α,β-unsaturated/α-hetero) is 1. The molecule has 0 radical (unpaired) electrons. The summed E-state index contributed by atoms with van der Waals surface area (Å²) in [5.74, 6) is 1.09. The Hall–Kier alpha value is -1.44. The second-order valence-electron chi connectivity index (χ2n) is 8.15. The van der Waals surface area contributed by atoms with Crippen LogP contribution in [0.4, 0.5) is 4.39 Å². The molecule has 1 heterocycles. The lowest BCUT2D eigenvalue weighted by Gasteiger charge is -2.30. The van der Waals surface area contributed by atoms with Crippen LogP contribution in [0.1, 0.15) is 52.9 Å². The highest BCUT2D eigenvalue weighted by Gasteiger charge is 2.25. The van der Waals surface area contributed by atoms with E-state index in [1.165, 1.54) is 11.3 Å². The number of rotatable bonds is 10. The smallest absolute Gasteiger partial charge is 0.274 e. The Balaban J connectivity index is 1.53. The fraction of sp³-hybridized carbons (Fsp3) is 0.636. The van der Waals surface area contributed by atoms with Crippen LogP contribution >= 0.6 is 22.9 Å².